The van der Waals surface area contributed by atoms with E-state index in [1.54, 1.807) is 0 Å². The van der Waals surface area contributed by atoms with E-state index in [0.29, 0.717) is 0 Å². The first-order valence-electron chi connectivity index (χ1n) is 5.03. The van der Waals surface area contributed by atoms with Gasteiger partial charge in [-0.1, -0.05) is 39.0 Å². The van der Waals surface area contributed by atoms with Crippen molar-refractivity contribution in [2.24, 2.45) is 17.6 Å². The Hall–Kier alpha value is -0.0400. The molecule has 11 heavy (non-hydrogen) atoms. The third-order valence-electron chi connectivity index (χ3n) is 2.95. The van der Waals surface area contributed by atoms with Crippen LogP contribution in [0.2, 0.25) is 0 Å². The Morgan fingerprint density at radius 2 is 2.09 bits per heavy atom. The first-order valence-corrected chi connectivity index (χ1v) is 5.03. The van der Waals surface area contributed by atoms with Gasteiger partial charge in [-0.2, -0.15) is 0 Å². The zero-order chi connectivity index (χ0) is 8.10. The van der Waals surface area contributed by atoms with Crippen molar-refractivity contribution in [3.8, 4) is 0 Å². The quantitative estimate of drug-likeness (QED) is 0.648. The molecule has 1 nitrogen and oxygen atoms in total. The highest BCUT2D eigenvalue weighted by Crippen LogP contribution is 2.31. The van der Waals surface area contributed by atoms with E-state index in [2.05, 4.69) is 6.92 Å². The fourth-order valence-corrected chi connectivity index (χ4v) is 1.73. The Balaban J connectivity index is 1.92. The maximum atomic E-state index is 5.48. The van der Waals surface area contributed by atoms with Gasteiger partial charge >= 0.3 is 0 Å². The van der Waals surface area contributed by atoms with Gasteiger partial charge in [-0.15, -0.1) is 0 Å². The molecule has 1 rings (SSSR count). The van der Waals surface area contributed by atoms with Crippen molar-refractivity contribution in [1.29, 1.82) is 0 Å². The lowest BCUT2D eigenvalue weighted by Crippen LogP contribution is -2.13. The Morgan fingerprint density at radius 3 is 2.55 bits per heavy atom. The van der Waals surface area contributed by atoms with Crippen LogP contribution in [0, 0.1) is 11.8 Å². The Bertz CT molecular complexity index is 97.0. The van der Waals surface area contributed by atoms with Crippen LogP contribution in [-0.2, 0) is 0 Å². The standard InChI is InChI=1S/C10H21N/c1-9(7-8-11)5-6-10-3-2-4-10/h9-10H,2-8,11H2,1H3. The van der Waals surface area contributed by atoms with E-state index >= 15 is 0 Å². The van der Waals surface area contributed by atoms with E-state index in [1.165, 1.54) is 38.5 Å². The molecule has 2 N–H and O–H groups in total. The smallest absolute Gasteiger partial charge is 0.00747 e. The summed E-state index contributed by atoms with van der Waals surface area (Å²) in [5.41, 5.74) is 5.48. The normalized spacial score (nSPS) is 21.3. The van der Waals surface area contributed by atoms with Gasteiger partial charge in [-0.3, -0.25) is 0 Å². The van der Waals surface area contributed by atoms with Gasteiger partial charge in [0.15, 0.2) is 0 Å². The summed E-state index contributed by atoms with van der Waals surface area (Å²) in [6.07, 6.45) is 8.55. The minimum atomic E-state index is 0.862. The van der Waals surface area contributed by atoms with Crippen LogP contribution in [-0.4, -0.2) is 6.54 Å². The van der Waals surface area contributed by atoms with Gasteiger partial charge in [0, 0.05) is 0 Å². The van der Waals surface area contributed by atoms with Gasteiger partial charge in [0.05, 0.1) is 0 Å². The molecule has 0 spiro atoms. The molecule has 0 heterocycles. The number of rotatable bonds is 5. The zero-order valence-electron chi connectivity index (χ0n) is 7.68. The van der Waals surface area contributed by atoms with Crippen molar-refractivity contribution >= 4 is 0 Å². The van der Waals surface area contributed by atoms with Crippen LogP contribution in [0.4, 0.5) is 0 Å². The van der Waals surface area contributed by atoms with Crippen molar-refractivity contribution in [3.05, 3.63) is 0 Å². The molecule has 0 aromatic carbocycles. The lowest BCUT2D eigenvalue weighted by molar-refractivity contribution is 0.271. The van der Waals surface area contributed by atoms with Gasteiger partial charge in [-0.25, -0.2) is 0 Å². The molecule has 0 aromatic heterocycles. The summed E-state index contributed by atoms with van der Waals surface area (Å²) >= 11 is 0. The van der Waals surface area contributed by atoms with Gasteiger partial charge in [-0.05, 0) is 24.8 Å². The van der Waals surface area contributed by atoms with Crippen LogP contribution in [0.1, 0.15) is 45.4 Å². The number of hydrogen-bond donors (Lipinski definition) is 1. The van der Waals surface area contributed by atoms with E-state index in [0.717, 1.165) is 18.4 Å². The van der Waals surface area contributed by atoms with Crippen molar-refractivity contribution in [2.75, 3.05) is 6.54 Å². The van der Waals surface area contributed by atoms with Crippen molar-refractivity contribution in [2.45, 2.75) is 45.4 Å². The third-order valence-corrected chi connectivity index (χ3v) is 2.95. The fraction of sp³-hybridized carbons (Fsp3) is 1.00. The molecule has 0 saturated heterocycles. The zero-order valence-corrected chi connectivity index (χ0v) is 7.68. The molecule has 1 saturated carbocycles. The summed E-state index contributed by atoms with van der Waals surface area (Å²) in [4.78, 5) is 0. The van der Waals surface area contributed by atoms with Gasteiger partial charge in [0.25, 0.3) is 0 Å². The Labute approximate surface area is 70.4 Å². The summed E-state index contributed by atoms with van der Waals surface area (Å²) in [6.45, 7) is 3.19. The van der Waals surface area contributed by atoms with Crippen LogP contribution in [0.5, 0.6) is 0 Å². The summed E-state index contributed by atoms with van der Waals surface area (Å²) in [7, 11) is 0. The SMILES string of the molecule is CC(CCN)CCC1CCC1. The molecular weight excluding hydrogens is 134 g/mol. The molecular formula is C10H21N. The van der Waals surface area contributed by atoms with Crippen LogP contribution in [0.15, 0.2) is 0 Å². The van der Waals surface area contributed by atoms with Gasteiger partial charge in [0.2, 0.25) is 0 Å². The predicted molar refractivity (Wildman–Crippen MR) is 49.4 cm³/mol. The van der Waals surface area contributed by atoms with E-state index in [9.17, 15) is 0 Å². The van der Waals surface area contributed by atoms with Crippen LogP contribution in [0.3, 0.4) is 0 Å². The Kier molecular flexibility index (Phi) is 3.92. The minimum Gasteiger partial charge on any atom is -0.330 e. The van der Waals surface area contributed by atoms with Crippen LogP contribution in [0.25, 0.3) is 0 Å². The lowest BCUT2D eigenvalue weighted by atomic mass is 9.80. The summed E-state index contributed by atoms with van der Waals surface area (Å²) < 4.78 is 0. The van der Waals surface area contributed by atoms with Crippen molar-refractivity contribution in [1.82, 2.24) is 0 Å². The highest BCUT2D eigenvalue weighted by molar-refractivity contribution is 4.70. The molecule has 1 aliphatic rings. The second-order valence-corrected chi connectivity index (χ2v) is 4.06. The molecule has 66 valence electrons. The second-order valence-electron chi connectivity index (χ2n) is 4.06. The number of nitrogens with two attached hydrogens (primary N) is 1. The summed E-state index contributed by atoms with van der Waals surface area (Å²) in [5.74, 6) is 1.94. The van der Waals surface area contributed by atoms with Gasteiger partial charge < -0.3 is 5.73 Å². The molecule has 1 atom stereocenters. The number of hydrogen-bond acceptors (Lipinski definition) is 1. The van der Waals surface area contributed by atoms with E-state index < -0.39 is 0 Å². The average Bonchev–Trinajstić information content (AvgIpc) is 1.85. The lowest BCUT2D eigenvalue weighted by Gasteiger charge is -2.26. The molecule has 1 aliphatic carbocycles. The average molecular weight is 155 g/mol. The highest BCUT2D eigenvalue weighted by Gasteiger charge is 2.17. The molecule has 0 aromatic rings. The molecule has 0 bridgehead atoms. The first kappa shape index (κ1) is 9.05. The fourth-order valence-electron chi connectivity index (χ4n) is 1.73. The second kappa shape index (κ2) is 4.76. The molecule has 0 radical (unpaired) electrons. The molecule has 1 unspecified atom stereocenters. The topological polar surface area (TPSA) is 26.0 Å². The predicted octanol–water partition coefficient (Wildman–Crippen LogP) is 2.55. The van der Waals surface area contributed by atoms with E-state index in [4.69, 9.17) is 5.73 Å². The summed E-state index contributed by atoms with van der Waals surface area (Å²) in [6, 6.07) is 0. The molecule has 1 heteroatoms. The van der Waals surface area contributed by atoms with E-state index in [1.807, 2.05) is 0 Å². The van der Waals surface area contributed by atoms with Crippen LogP contribution < -0.4 is 5.73 Å². The minimum absolute atomic E-state index is 0.862. The summed E-state index contributed by atoms with van der Waals surface area (Å²) in [5, 5.41) is 0. The molecule has 0 amide bonds. The van der Waals surface area contributed by atoms with Gasteiger partial charge in [0.1, 0.15) is 0 Å². The molecule has 1 fully saturated rings. The van der Waals surface area contributed by atoms with E-state index in [-0.39, 0.29) is 0 Å². The van der Waals surface area contributed by atoms with Crippen LogP contribution >= 0.6 is 0 Å². The Morgan fingerprint density at radius 1 is 1.36 bits per heavy atom. The largest absolute Gasteiger partial charge is 0.330 e. The maximum Gasteiger partial charge on any atom is -0.00747 e. The van der Waals surface area contributed by atoms with Crippen molar-refractivity contribution < 1.29 is 0 Å². The highest BCUT2D eigenvalue weighted by atomic mass is 14.5. The maximum absolute atomic E-state index is 5.48. The third kappa shape index (κ3) is 3.24. The molecule has 0 aliphatic heterocycles. The monoisotopic (exact) mass is 155 g/mol. The first-order chi connectivity index (χ1) is 5.33. The van der Waals surface area contributed by atoms with Crippen molar-refractivity contribution in [3.63, 3.8) is 0 Å².